The second kappa shape index (κ2) is 7.43. The second-order valence-corrected chi connectivity index (χ2v) is 7.00. The summed E-state index contributed by atoms with van der Waals surface area (Å²) in [7, 11) is 0. The van der Waals surface area contributed by atoms with Crippen molar-refractivity contribution in [1.82, 2.24) is 0 Å². The summed E-state index contributed by atoms with van der Waals surface area (Å²) >= 11 is 1.73. The molecule has 0 fully saturated rings. The van der Waals surface area contributed by atoms with Crippen LogP contribution in [0, 0.1) is 17.6 Å². The molecule has 3 rings (SSSR count). The van der Waals surface area contributed by atoms with E-state index in [0.717, 1.165) is 17.7 Å². The van der Waals surface area contributed by atoms with E-state index < -0.39 is 5.82 Å². The molecule has 1 aliphatic heterocycles. The molecule has 24 heavy (non-hydrogen) atoms. The van der Waals surface area contributed by atoms with Crippen LogP contribution in [0.5, 0.6) is 11.5 Å². The van der Waals surface area contributed by atoms with Crippen LogP contribution in [0.2, 0.25) is 0 Å². The number of fused-ring (bicyclic) bond motifs is 1. The Kier molecular flexibility index (Phi) is 5.29. The number of aromatic hydroxyl groups is 1. The maximum atomic E-state index is 14.0. The van der Waals surface area contributed by atoms with Crippen molar-refractivity contribution in [3.63, 3.8) is 0 Å². The Morgan fingerprint density at radius 2 is 1.92 bits per heavy atom. The molecule has 1 heterocycles. The highest BCUT2D eigenvalue weighted by molar-refractivity contribution is 7.98. The Morgan fingerprint density at radius 1 is 1.17 bits per heavy atom. The number of phenols is 1. The van der Waals surface area contributed by atoms with Crippen LogP contribution in [0.15, 0.2) is 36.4 Å². The molecule has 0 amide bonds. The molecule has 0 saturated heterocycles. The van der Waals surface area contributed by atoms with E-state index in [1.165, 1.54) is 12.1 Å². The zero-order valence-electron chi connectivity index (χ0n) is 13.5. The van der Waals surface area contributed by atoms with Gasteiger partial charge in [-0.3, -0.25) is 0 Å². The number of thioether (sulfide) groups is 1. The molecule has 0 bridgehead atoms. The van der Waals surface area contributed by atoms with Gasteiger partial charge < -0.3 is 9.84 Å². The van der Waals surface area contributed by atoms with Crippen molar-refractivity contribution in [2.45, 2.75) is 25.4 Å². The van der Waals surface area contributed by atoms with Crippen LogP contribution < -0.4 is 4.74 Å². The Bertz CT molecular complexity index is 721. The smallest absolute Gasteiger partial charge is 0.165 e. The van der Waals surface area contributed by atoms with Crippen LogP contribution in [0.1, 0.15) is 17.5 Å². The van der Waals surface area contributed by atoms with Crippen LogP contribution in [0.25, 0.3) is 0 Å². The predicted octanol–water partition coefficient (Wildman–Crippen LogP) is 4.59. The Hall–Kier alpha value is -1.75. The normalized spacial score (nSPS) is 19.6. The number of benzene rings is 2. The summed E-state index contributed by atoms with van der Waals surface area (Å²) in [5, 5.41) is 9.82. The summed E-state index contributed by atoms with van der Waals surface area (Å²) in [5.41, 5.74) is 1.46. The van der Waals surface area contributed by atoms with Gasteiger partial charge in [-0.1, -0.05) is 24.3 Å². The minimum Gasteiger partial charge on any atom is -0.505 e. The largest absolute Gasteiger partial charge is 0.505 e. The molecule has 2 nitrogen and oxygen atoms in total. The average molecular weight is 350 g/mol. The van der Waals surface area contributed by atoms with Crippen molar-refractivity contribution < 1.29 is 18.6 Å². The van der Waals surface area contributed by atoms with Crippen molar-refractivity contribution in [2.24, 2.45) is 5.92 Å². The molecule has 0 aliphatic carbocycles. The van der Waals surface area contributed by atoms with Crippen LogP contribution in [0.4, 0.5) is 8.78 Å². The first kappa shape index (κ1) is 17.1. The lowest BCUT2D eigenvalue weighted by Gasteiger charge is -2.33. The lowest BCUT2D eigenvalue weighted by atomic mass is 9.88. The predicted molar refractivity (Wildman–Crippen MR) is 92.8 cm³/mol. The number of hydrogen-bond donors (Lipinski definition) is 1. The standard InChI is InChI=1S/C19H20F2O2S/c1-24-11-14-10-13-5-3-7-16(21)19(13)23-17(14)9-8-12-4-2-6-15(20)18(12)22/h2-7,14,17,22H,8-11H2,1H3. The highest BCUT2D eigenvalue weighted by atomic mass is 32.2. The number of rotatable bonds is 5. The van der Waals surface area contributed by atoms with Crippen molar-refractivity contribution in [3.8, 4) is 11.5 Å². The number of aryl methyl sites for hydroxylation is 1. The van der Waals surface area contributed by atoms with Crippen LogP contribution >= 0.6 is 11.8 Å². The van der Waals surface area contributed by atoms with Crippen molar-refractivity contribution in [1.29, 1.82) is 0 Å². The molecule has 5 heteroatoms. The highest BCUT2D eigenvalue weighted by Gasteiger charge is 2.31. The quantitative estimate of drug-likeness (QED) is 0.855. The molecule has 0 aromatic heterocycles. The summed E-state index contributed by atoms with van der Waals surface area (Å²) in [4.78, 5) is 0. The number of phenolic OH excluding ortho intramolecular Hbond substituents is 1. The fourth-order valence-corrected chi connectivity index (χ4v) is 4.00. The maximum absolute atomic E-state index is 14.0. The second-order valence-electron chi connectivity index (χ2n) is 6.09. The number of halogens is 2. The van der Waals surface area contributed by atoms with Gasteiger partial charge in [0.1, 0.15) is 6.10 Å². The minimum atomic E-state index is -0.617. The van der Waals surface area contributed by atoms with Crippen LogP contribution in [-0.4, -0.2) is 23.2 Å². The van der Waals surface area contributed by atoms with Gasteiger partial charge in [0.25, 0.3) is 0 Å². The monoisotopic (exact) mass is 350 g/mol. The van der Waals surface area contributed by atoms with Gasteiger partial charge in [0.15, 0.2) is 23.1 Å². The Morgan fingerprint density at radius 3 is 2.71 bits per heavy atom. The van der Waals surface area contributed by atoms with Gasteiger partial charge in [-0.15, -0.1) is 0 Å². The van der Waals surface area contributed by atoms with Gasteiger partial charge in [0.2, 0.25) is 0 Å². The number of hydrogen-bond acceptors (Lipinski definition) is 3. The fourth-order valence-electron chi connectivity index (χ4n) is 3.24. The molecule has 1 aliphatic rings. The average Bonchev–Trinajstić information content (AvgIpc) is 2.57. The third kappa shape index (κ3) is 3.51. The van der Waals surface area contributed by atoms with Gasteiger partial charge in [-0.05, 0) is 54.5 Å². The topological polar surface area (TPSA) is 29.5 Å². The first-order valence-electron chi connectivity index (χ1n) is 7.99. The van der Waals surface area contributed by atoms with E-state index in [9.17, 15) is 13.9 Å². The number of ether oxygens (including phenoxy) is 1. The molecule has 2 aromatic carbocycles. The molecule has 2 atom stereocenters. The summed E-state index contributed by atoms with van der Waals surface area (Å²) in [6.45, 7) is 0. The first-order chi connectivity index (χ1) is 11.6. The third-order valence-electron chi connectivity index (χ3n) is 4.47. The van der Waals surface area contributed by atoms with Gasteiger partial charge in [-0.25, -0.2) is 8.78 Å². The van der Waals surface area contributed by atoms with E-state index in [-0.39, 0.29) is 23.6 Å². The summed E-state index contributed by atoms with van der Waals surface area (Å²) in [5.74, 6) is 0.257. The Labute approximate surface area is 144 Å². The number of para-hydroxylation sites is 2. The molecule has 0 saturated carbocycles. The van der Waals surface area contributed by atoms with Crippen LogP contribution in [0.3, 0.4) is 0 Å². The molecular weight excluding hydrogens is 330 g/mol. The van der Waals surface area contributed by atoms with E-state index in [4.69, 9.17) is 4.74 Å². The van der Waals surface area contributed by atoms with E-state index in [1.807, 2.05) is 12.3 Å². The lowest BCUT2D eigenvalue weighted by Crippen LogP contribution is -2.35. The van der Waals surface area contributed by atoms with Gasteiger partial charge in [-0.2, -0.15) is 11.8 Å². The zero-order valence-corrected chi connectivity index (χ0v) is 14.3. The molecule has 2 unspecified atom stereocenters. The summed E-state index contributed by atoms with van der Waals surface area (Å²) < 4.78 is 33.4. The molecular formula is C19H20F2O2S. The van der Waals surface area contributed by atoms with Crippen molar-refractivity contribution in [3.05, 3.63) is 59.2 Å². The summed E-state index contributed by atoms with van der Waals surface area (Å²) in [6, 6.07) is 9.54. The van der Waals surface area contributed by atoms with E-state index in [2.05, 4.69) is 0 Å². The highest BCUT2D eigenvalue weighted by Crippen LogP contribution is 2.36. The molecule has 128 valence electrons. The Balaban J connectivity index is 1.77. The zero-order chi connectivity index (χ0) is 17.1. The molecule has 0 radical (unpaired) electrons. The van der Waals surface area contributed by atoms with E-state index >= 15 is 0 Å². The lowest BCUT2D eigenvalue weighted by molar-refractivity contribution is 0.110. The fraction of sp³-hybridized carbons (Fsp3) is 0.368. The molecule has 1 N–H and O–H groups in total. The van der Waals surface area contributed by atoms with Gasteiger partial charge >= 0.3 is 0 Å². The maximum Gasteiger partial charge on any atom is 0.165 e. The van der Waals surface area contributed by atoms with Gasteiger partial charge in [0.05, 0.1) is 0 Å². The third-order valence-corrected chi connectivity index (χ3v) is 5.24. The van der Waals surface area contributed by atoms with Crippen molar-refractivity contribution in [2.75, 3.05) is 12.0 Å². The van der Waals surface area contributed by atoms with Gasteiger partial charge in [0, 0.05) is 5.92 Å². The van der Waals surface area contributed by atoms with Crippen molar-refractivity contribution >= 4 is 11.8 Å². The van der Waals surface area contributed by atoms with Crippen LogP contribution in [-0.2, 0) is 12.8 Å². The first-order valence-corrected chi connectivity index (χ1v) is 9.39. The van der Waals surface area contributed by atoms with E-state index in [0.29, 0.717) is 24.2 Å². The molecule has 0 spiro atoms. The molecule has 2 aromatic rings. The summed E-state index contributed by atoms with van der Waals surface area (Å²) in [6.07, 6.45) is 3.76. The minimum absolute atomic E-state index is 0.149. The SMILES string of the molecule is CSCC1Cc2cccc(F)c2OC1CCc1cccc(F)c1O. The van der Waals surface area contributed by atoms with E-state index in [1.54, 1.807) is 30.0 Å².